The number of ether oxygens (including phenoxy) is 3. The summed E-state index contributed by atoms with van der Waals surface area (Å²) in [5.41, 5.74) is 0.814. The Morgan fingerprint density at radius 3 is 2.23 bits per heavy atom. The van der Waals surface area contributed by atoms with Crippen molar-refractivity contribution in [2.45, 2.75) is 54.0 Å². The molecule has 2 aromatic carbocycles. The Balaban J connectivity index is 1.97. The van der Waals surface area contributed by atoms with Gasteiger partial charge in [0.15, 0.2) is 0 Å². The molecule has 0 saturated carbocycles. The van der Waals surface area contributed by atoms with Gasteiger partial charge in [0.25, 0.3) is 0 Å². The summed E-state index contributed by atoms with van der Waals surface area (Å²) >= 11 is 1.88. The Bertz CT molecular complexity index is 1210. The molecule has 0 aromatic heterocycles. The number of rotatable bonds is 16. The van der Waals surface area contributed by atoms with Crippen molar-refractivity contribution < 1.29 is 58.3 Å². The summed E-state index contributed by atoms with van der Waals surface area (Å²) in [6.45, 7) is 7.28. The van der Waals surface area contributed by atoms with E-state index in [1.807, 2.05) is 37.3 Å². The monoisotopic (exact) mass is 638 g/mol. The molecule has 0 spiro atoms. The van der Waals surface area contributed by atoms with Gasteiger partial charge in [0, 0.05) is 0 Å². The third-order valence-electron chi connectivity index (χ3n) is 5.66. The van der Waals surface area contributed by atoms with Gasteiger partial charge in [-0.1, -0.05) is 0 Å². The van der Waals surface area contributed by atoms with Gasteiger partial charge in [-0.05, 0) is 0 Å². The van der Waals surface area contributed by atoms with Crippen molar-refractivity contribution in [2.75, 3.05) is 26.4 Å². The van der Waals surface area contributed by atoms with Crippen LogP contribution in [0.3, 0.4) is 0 Å². The first-order chi connectivity index (χ1) is 19.1. The van der Waals surface area contributed by atoms with Gasteiger partial charge in [-0.25, -0.2) is 0 Å². The van der Waals surface area contributed by atoms with Gasteiger partial charge in [0.1, 0.15) is 0 Å². The van der Waals surface area contributed by atoms with E-state index < -0.39 is 21.7 Å². The fraction of sp³-hybridized carbons (Fsp3) is 0.467. The maximum absolute atomic E-state index is 13.1. The molecule has 10 heteroatoms. The molecule has 0 saturated heterocycles. The molecule has 220 valence electrons. The van der Waals surface area contributed by atoms with Crippen LogP contribution < -0.4 is 4.74 Å². The van der Waals surface area contributed by atoms with Crippen molar-refractivity contribution in [3.63, 3.8) is 0 Å². The molecule has 1 N–H and O–H groups in total. The topological polar surface area (TPSA) is 130 Å². The van der Waals surface area contributed by atoms with Crippen LogP contribution in [0.25, 0.3) is 0 Å². The van der Waals surface area contributed by atoms with Crippen LogP contribution >= 0.6 is 0 Å². The summed E-state index contributed by atoms with van der Waals surface area (Å²) in [5, 5.41) is 28.2. The molecule has 0 heterocycles. The number of esters is 2. The molecule has 0 radical (unpaired) electrons. The van der Waals surface area contributed by atoms with Crippen LogP contribution in [0.2, 0.25) is 15.1 Å². The molecule has 0 aliphatic heterocycles. The number of carbonyl (C=O) groups excluding carboxylic acids is 2. The van der Waals surface area contributed by atoms with Gasteiger partial charge in [0.2, 0.25) is 0 Å². The van der Waals surface area contributed by atoms with Crippen LogP contribution in [-0.4, -0.2) is 43.5 Å². The molecular formula is C30H36Co2N2O6. The molecule has 2 aromatic rings. The number of aliphatic hydroxyl groups excluding tert-OH is 1. The first kappa shape index (κ1) is 33.3. The van der Waals surface area contributed by atoms with Gasteiger partial charge in [0.05, 0.1) is 0 Å². The maximum atomic E-state index is 13.1. The third-order valence-corrected chi connectivity index (χ3v) is 10.5. The molecule has 2 rings (SSSR count). The van der Waals surface area contributed by atoms with E-state index in [1.165, 1.54) is 17.7 Å². The molecule has 0 aliphatic rings. The molecule has 0 bridgehead atoms. The fourth-order valence-corrected chi connectivity index (χ4v) is 6.82. The average Bonchev–Trinajstić information content (AvgIpc) is 2.97. The SMILES string of the molecule is CC[CH]([Co][CH2][C](C)([Co][CH2]C(C)(C)C(=O)OCCOc1ccc(C#N)c(C#N)c1)C(=O)OCCO)c1ccccc1. The number of hydrogen-bond acceptors (Lipinski definition) is 8. The summed E-state index contributed by atoms with van der Waals surface area (Å²) < 4.78 is 15.5. The Hall–Kier alpha value is -2.87. The molecule has 8 nitrogen and oxygen atoms in total. The van der Waals surface area contributed by atoms with Crippen molar-refractivity contribution in [3.8, 4) is 17.9 Å². The van der Waals surface area contributed by atoms with E-state index in [2.05, 4.69) is 19.1 Å². The molecule has 40 heavy (non-hydrogen) atoms. The van der Waals surface area contributed by atoms with E-state index in [4.69, 9.17) is 29.8 Å². The van der Waals surface area contributed by atoms with Crippen LogP contribution in [-0.2, 0) is 48.5 Å². The number of carbonyl (C=O) groups is 2. The van der Waals surface area contributed by atoms with Crippen LogP contribution in [0.4, 0.5) is 0 Å². The van der Waals surface area contributed by atoms with Crippen LogP contribution in [0.15, 0.2) is 48.5 Å². The second-order valence-electron chi connectivity index (χ2n) is 9.55. The van der Waals surface area contributed by atoms with Crippen molar-refractivity contribution in [1.82, 2.24) is 0 Å². The molecule has 0 aliphatic carbocycles. The van der Waals surface area contributed by atoms with E-state index in [9.17, 15) is 9.59 Å². The third kappa shape index (κ3) is 9.95. The Kier molecular flexibility index (Phi) is 13.7. The van der Waals surface area contributed by atoms with E-state index in [0.29, 0.717) is 16.5 Å². The molecule has 0 fully saturated rings. The quantitative estimate of drug-likeness (QED) is 0.195. The van der Waals surface area contributed by atoms with Crippen LogP contribution in [0.1, 0.15) is 55.7 Å². The van der Waals surface area contributed by atoms with E-state index in [0.717, 1.165) is 35.8 Å². The van der Waals surface area contributed by atoms with E-state index in [1.54, 1.807) is 19.9 Å². The second-order valence-corrected chi connectivity index (χ2v) is 13.0. The predicted octanol–water partition coefficient (Wildman–Crippen LogP) is 5.25. The Morgan fingerprint density at radius 2 is 1.60 bits per heavy atom. The van der Waals surface area contributed by atoms with Crippen LogP contribution in [0.5, 0.6) is 5.75 Å². The summed E-state index contributed by atoms with van der Waals surface area (Å²) in [4.78, 5) is 26.2. The van der Waals surface area contributed by atoms with E-state index in [-0.39, 0.29) is 42.4 Å². The first-order valence-corrected chi connectivity index (χ1v) is 15.3. The summed E-state index contributed by atoms with van der Waals surface area (Å²) in [5.74, 6) is -0.409. The van der Waals surface area contributed by atoms with Gasteiger partial charge in [-0.2, -0.15) is 5.26 Å². The Morgan fingerprint density at radius 1 is 0.925 bits per heavy atom. The standard InChI is InChI=1S/C15H15N2O3.C9H11.C6H10O3.2Co/c1-15(2,3)14(18)20-7-6-19-13-5-4-11(9-16)12(8-13)10-17;1-2-6-9-7-4-3-5-8-9;1-5(2)6(8)9-4-3-7;;/h4-5,8H,1,6-7H2,2-3H3;3-8H,2H2,1H3;7H,1,3-4H2,2H3;;. The minimum absolute atomic E-state index is 0.00413. The zero-order chi connectivity index (χ0) is 29.6. The van der Waals surface area contributed by atoms with Crippen molar-refractivity contribution >= 4 is 11.9 Å². The predicted molar refractivity (Wildman–Crippen MR) is 142 cm³/mol. The van der Waals surface area contributed by atoms with Crippen LogP contribution in [0, 0.1) is 28.1 Å². The summed E-state index contributed by atoms with van der Waals surface area (Å²) in [7, 11) is 0. The number of benzene rings is 2. The number of nitrogens with zero attached hydrogens (tertiary/aromatic N) is 2. The Labute approximate surface area is 249 Å². The summed E-state index contributed by atoms with van der Waals surface area (Å²) in [6.07, 6.45) is 0.919. The van der Waals surface area contributed by atoms with Crippen molar-refractivity contribution in [1.29, 1.82) is 10.5 Å². The number of aliphatic hydroxyl groups is 1. The van der Waals surface area contributed by atoms with E-state index >= 15 is 0 Å². The van der Waals surface area contributed by atoms with Crippen molar-refractivity contribution in [2.24, 2.45) is 5.41 Å². The number of hydrogen-bond donors (Lipinski definition) is 1. The molecule has 2 atom stereocenters. The zero-order valence-corrected chi connectivity index (χ0v) is 25.3. The fourth-order valence-electron chi connectivity index (χ4n) is 3.30. The van der Waals surface area contributed by atoms with Gasteiger partial charge in [-0.15, -0.1) is 0 Å². The minimum atomic E-state index is -0.874. The molecule has 2 unspecified atom stereocenters. The second kappa shape index (κ2) is 16.4. The van der Waals surface area contributed by atoms with Gasteiger partial charge >= 0.3 is 244 Å². The van der Waals surface area contributed by atoms with Gasteiger partial charge < -0.3 is 0 Å². The average molecular weight is 638 g/mol. The normalized spacial score (nSPS) is 13.5. The first-order valence-electron chi connectivity index (χ1n) is 12.7. The van der Waals surface area contributed by atoms with Gasteiger partial charge in [-0.3, -0.25) is 0 Å². The van der Waals surface area contributed by atoms with Crippen molar-refractivity contribution in [3.05, 3.63) is 65.2 Å². The molecule has 0 amide bonds. The summed E-state index contributed by atoms with van der Waals surface area (Å²) in [6, 6.07) is 18.6. The zero-order valence-electron chi connectivity index (χ0n) is 23.2. The molecular weight excluding hydrogens is 602 g/mol. The number of nitriles is 2.